The van der Waals surface area contributed by atoms with Crippen molar-refractivity contribution in [2.24, 2.45) is 0 Å². The van der Waals surface area contributed by atoms with Gasteiger partial charge in [0.1, 0.15) is 19.8 Å². The lowest BCUT2D eigenvalue weighted by atomic mass is 10.0. The Kier molecular flexibility index (Phi) is 75.0. The molecule has 0 fully saturated rings. The highest BCUT2D eigenvalue weighted by Crippen LogP contribution is 2.38. The minimum Gasteiger partial charge on any atom is -0.756 e. The summed E-state index contributed by atoms with van der Waals surface area (Å²) in [6, 6.07) is 0. The number of carbonyl (C=O) groups excluding carboxylic acids is 2. The van der Waals surface area contributed by atoms with Gasteiger partial charge in [-0.2, -0.15) is 0 Å². The number of esters is 2. The molecule has 0 heterocycles. The van der Waals surface area contributed by atoms with Gasteiger partial charge < -0.3 is 27.9 Å². The van der Waals surface area contributed by atoms with Crippen LogP contribution in [0.15, 0.2) is 60.8 Å². The summed E-state index contributed by atoms with van der Waals surface area (Å²) in [5.74, 6) is -0.809. The highest BCUT2D eigenvalue weighted by molar-refractivity contribution is 7.45. The Balaban J connectivity index is 3.88. The van der Waals surface area contributed by atoms with Gasteiger partial charge in [-0.15, -0.1) is 0 Å². The summed E-state index contributed by atoms with van der Waals surface area (Å²) in [7, 11) is 1.19. The molecular weight excluding hydrogens is 1210 g/mol. The minimum atomic E-state index is -4.64. The van der Waals surface area contributed by atoms with Gasteiger partial charge >= 0.3 is 11.9 Å². The number of ether oxygens (including phenoxy) is 2. The molecule has 0 radical (unpaired) electrons. The maximum Gasteiger partial charge on any atom is 0.306 e. The summed E-state index contributed by atoms with van der Waals surface area (Å²) in [6.45, 7) is 4.29. The maximum absolute atomic E-state index is 12.9. The summed E-state index contributed by atoms with van der Waals surface area (Å²) < 4.78 is 34.5. The zero-order valence-corrected chi connectivity index (χ0v) is 65.5. The number of nitrogens with zero attached hydrogens (tertiary/aromatic N) is 1. The lowest BCUT2D eigenvalue weighted by molar-refractivity contribution is -0.870. The van der Waals surface area contributed by atoms with E-state index < -0.39 is 26.5 Å². The molecule has 0 aromatic heterocycles. The number of carbonyl (C=O) groups is 2. The molecule has 0 saturated carbocycles. The van der Waals surface area contributed by atoms with Crippen molar-refractivity contribution >= 4 is 19.8 Å². The summed E-state index contributed by atoms with van der Waals surface area (Å²) in [6.07, 6.45) is 104. The zero-order valence-electron chi connectivity index (χ0n) is 64.6. The molecule has 0 aromatic carbocycles. The van der Waals surface area contributed by atoms with Crippen LogP contribution in [0.4, 0.5) is 0 Å². The number of hydrogen-bond donors (Lipinski definition) is 0. The van der Waals surface area contributed by atoms with E-state index in [1.54, 1.807) is 0 Å². The fourth-order valence-electron chi connectivity index (χ4n) is 12.6. The predicted molar refractivity (Wildman–Crippen MR) is 416 cm³/mol. The summed E-state index contributed by atoms with van der Waals surface area (Å²) >= 11 is 0. The normalized spacial score (nSPS) is 13.3. The topological polar surface area (TPSA) is 111 Å². The lowest BCUT2D eigenvalue weighted by Gasteiger charge is -2.28. The van der Waals surface area contributed by atoms with Crippen molar-refractivity contribution in [3.05, 3.63) is 60.8 Å². The van der Waals surface area contributed by atoms with E-state index in [-0.39, 0.29) is 32.0 Å². The second kappa shape index (κ2) is 76.9. The van der Waals surface area contributed by atoms with E-state index in [0.717, 1.165) is 51.4 Å². The third-order valence-corrected chi connectivity index (χ3v) is 20.0. The van der Waals surface area contributed by atoms with Crippen LogP contribution >= 0.6 is 7.82 Å². The number of phosphoric ester groups is 1. The van der Waals surface area contributed by atoms with Crippen molar-refractivity contribution in [1.29, 1.82) is 0 Å². The van der Waals surface area contributed by atoms with Crippen LogP contribution in [-0.4, -0.2) is 70.0 Å². The van der Waals surface area contributed by atoms with Crippen LogP contribution in [0.2, 0.25) is 0 Å². The van der Waals surface area contributed by atoms with Gasteiger partial charge in [0.05, 0.1) is 27.7 Å². The van der Waals surface area contributed by atoms with Crippen LogP contribution in [-0.2, 0) is 32.7 Å². The highest BCUT2D eigenvalue weighted by atomic mass is 31.2. The first-order valence-electron chi connectivity index (χ1n) is 42.0. The smallest absolute Gasteiger partial charge is 0.306 e. The van der Waals surface area contributed by atoms with Gasteiger partial charge in [-0.1, -0.05) is 389 Å². The number of likely N-dealkylation sites (N-methyl/N-ethyl adjacent to an activating group) is 1. The van der Waals surface area contributed by atoms with Crippen molar-refractivity contribution in [2.75, 3.05) is 47.5 Å². The largest absolute Gasteiger partial charge is 0.756 e. The standard InChI is InChI=1S/C86H162NO8P/c1-6-8-10-12-14-16-18-20-22-24-26-28-30-32-34-36-38-39-40-41-42-43-44-45-46-47-49-51-53-55-57-59-61-63-65-67-69-71-73-75-77-79-86(89)95-84(83-94-96(90,91)93-81-80-87(3,4)5)82-92-85(88)78-76-74-72-70-68-66-64-62-60-58-56-54-52-50-48-37-35-33-31-29-27-25-23-21-19-17-15-13-11-9-7-2/h18-21,24-27,30,32,84H,6-17,22-23,28-29,31,33-83H2,1-5H3/b20-18-,21-19-,26-24-,27-25-,32-30-. The van der Waals surface area contributed by atoms with Crippen LogP contribution in [0.1, 0.15) is 425 Å². The molecule has 0 spiro atoms. The molecule has 0 aliphatic rings. The van der Waals surface area contributed by atoms with Gasteiger partial charge in [-0.3, -0.25) is 14.2 Å². The molecule has 2 atom stereocenters. The molecule has 2 unspecified atom stereocenters. The molecule has 0 aromatic rings. The Morgan fingerprint density at radius 3 is 0.833 bits per heavy atom. The monoisotopic (exact) mass is 1370 g/mol. The SMILES string of the molecule is CCCCCCC/C=C\C/C=C\C/C=C\CCCCCCCCCCCCCCCCCCCCCCCCCCCCC(=O)OC(COC(=O)CCCCCCCCCCCCCCCCCCCCC/C=C\C/C=C\CCCCCCC)COP(=O)([O-])OCC[N+](C)(C)C. The van der Waals surface area contributed by atoms with Crippen molar-refractivity contribution in [3.63, 3.8) is 0 Å². The molecular formula is C86H162NO8P. The van der Waals surface area contributed by atoms with Crippen molar-refractivity contribution in [1.82, 2.24) is 0 Å². The van der Waals surface area contributed by atoms with Gasteiger partial charge in [0.25, 0.3) is 7.82 Å². The van der Waals surface area contributed by atoms with E-state index in [2.05, 4.69) is 74.6 Å². The molecule has 10 heteroatoms. The molecule has 0 saturated heterocycles. The molecule has 0 rings (SSSR count). The quantitative estimate of drug-likeness (QED) is 0.0195. The lowest BCUT2D eigenvalue weighted by Crippen LogP contribution is -2.37. The number of rotatable bonds is 79. The first-order valence-corrected chi connectivity index (χ1v) is 43.5. The fourth-order valence-corrected chi connectivity index (χ4v) is 13.3. The molecule has 0 amide bonds. The second-order valence-corrected chi connectivity index (χ2v) is 31.3. The molecule has 564 valence electrons. The van der Waals surface area contributed by atoms with Crippen LogP contribution < -0.4 is 4.89 Å². The highest BCUT2D eigenvalue weighted by Gasteiger charge is 2.22. The van der Waals surface area contributed by atoms with Gasteiger partial charge in [-0.25, -0.2) is 0 Å². The second-order valence-electron chi connectivity index (χ2n) is 29.8. The number of allylic oxidation sites excluding steroid dienone is 10. The van der Waals surface area contributed by atoms with Crippen LogP contribution in [0.5, 0.6) is 0 Å². The predicted octanol–water partition coefficient (Wildman–Crippen LogP) is 27.4. The molecule has 9 nitrogen and oxygen atoms in total. The Bertz CT molecular complexity index is 1800. The number of phosphoric acid groups is 1. The van der Waals surface area contributed by atoms with Gasteiger partial charge in [0, 0.05) is 12.8 Å². The molecule has 0 N–H and O–H groups in total. The van der Waals surface area contributed by atoms with Crippen LogP contribution in [0.3, 0.4) is 0 Å². The zero-order chi connectivity index (χ0) is 69.7. The molecule has 0 aliphatic heterocycles. The van der Waals surface area contributed by atoms with E-state index in [9.17, 15) is 19.0 Å². The van der Waals surface area contributed by atoms with Crippen molar-refractivity contribution < 1.29 is 42.1 Å². The average Bonchev–Trinajstić information content (AvgIpc) is 2.54. The number of hydrogen-bond acceptors (Lipinski definition) is 8. The average molecular weight is 1370 g/mol. The van der Waals surface area contributed by atoms with Crippen LogP contribution in [0.25, 0.3) is 0 Å². The van der Waals surface area contributed by atoms with Crippen molar-refractivity contribution in [2.45, 2.75) is 431 Å². The van der Waals surface area contributed by atoms with Gasteiger partial charge in [0.2, 0.25) is 0 Å². The van der Waals surface area contributed by atoms with E-state index in [0.29, 0.717) is 17.4 Å². The summed E-state index contributed by atoms with van der Waals surface area (Å²) in [5.41, 5.74) is 0. The Morgan fingerprint density at radius 2 is 0.562 bits per heavy atom. The first kappa shape index (κ1) is 93.7. The number of quaternary nitrogens is 1. The third-order valence-electron chi connectivity index (χ3n) is 19.0. The van der Waals surface area contributed by atoms with Crippen LogP contribution in [0, 0.1) is 0 Å². The van der Waals surface area contributed by atoms with E-state index in [1.165, 1.54) is 340 Å². The van der Waals surface area contributed by atoms with E-state index in [1.807, 2.05) is 21.1 Å². The summed E-state index contributed by atoms with van der Waals surface area (Å²) in [4.78, 5) is 38.2. The fraction of sp³-hybridized carbons (Fsp3) is 0.860. The van der Waals surface area contributed by atoms with Crippen molar-refractivity contribution in [3.8, 4) is 0 Å². The minimum absolute atomic E-state index is 0.0283. The molecule has 0 aliphatic carbocycles. The molecule has 96 heavy (non-hydrogen) atoms. The summed E-state index contributed by atoms with van der Waals surface area (Å²) in [5, 5.41) is 0. The maximum atomic E-state index is 12.9. The number of unbranched alkanes of at least 4 members (excludes halogenated alkanes) is 55. The first-order chi connectivity index (χ1) is 47.0. The van der Waals surface area contributed by atoms with Gasteiger partial charge in [0.15, 0.2) is 6.10 Å². The van der Waals surface area contributed by atoms with Gasteiger partial charge in [-0.05, 0) is 83.5 Å². The third kappa shape index (κ3) is 80.7. The molecule has 0 bridgehead atoms. The van der Waals surface area contributed by atoms with E-state index in [4.69, 9.17) is 18.5 Å². The Morgan fingerprint density at radius 1 is 0.323 bits per heavy atom. The Hall–Kier alpha value is -2.29. The Labute approximate surface area is 597 Å². The van der Waals surface area contributed by atoms with E-state index >= 15 is 0 Å².